The number of guanidine groups is 1. The van der Waals surface area contributed by atoms with Gasteiger partial charge in [-0.05, 0) is 26.7 Å². The summed E-state index contributed by atoms with van der Waals surface area (Å²) in [6.45, 7) is 5.42. The van der Waals surface area contributed by atoms with E-state index in [1.54, 1.807) is 0 Å². The molecule has 1 fully saturated rings. The molecule has 0 heterocycles. The van der Waals surface area contributed by atoms with Gasteiger partial charge in [0.2, 0.25) is 5.96 Å². The first-order chi connectivity index (χ1) is 6.76. The third kappa shape index (κ3) is 4.43. The molecule has 0 saturated heterocycles. The molecule has 0 aromatic rings. The van der Waals surface area contributed by atoms with E-state index in [0.29, 0.717) is 18.6 Å². The normalized spacial score (nSPS) is 19.2. The Hall–Kier alpha value is -0.810. The molecule has 1 unspecified atom stereocenters. The molecular weight excluding hydrogens is 180 g/mol. The number of nitrogens with one attached hydrogen (secondary N) is 2. The summed E-state index contributed by atoms with van der Waals surface area (Å²) in [7, 11) is 0. The molecule has 1 saturated carbocycles. The lowest BCUT2D eigenvalue weighted by Crippen LogP contribution is -2.47. The fourth-order valence-electron chi connectivity index (χ4n) is 1.07. The van der Waals surface area contributed by atoms with Crippen LogP contribution >= 0.6 is 0 Å². The third-order valence-corrected chi connectivity index (χ3v) is 1.95. The molecule has 1 rings (SSSR count). The van der Waals surface area contributed by atoms with Gasteiger partial charge in [0, 0.05) is 12.6 Å². The van der Waals surface area contributed by atoms with E-state index in [1.165, 1.54) is 12.8 Å². The number of nitrogens with zero attached hydrogens (tertiary/aromatic N) is 1. The predicted molar refractivity (Wildman–Crippen MR) is 56.9 cm³/mol. The molecular formula is C9H20N4O. The van der Waals surface area contributed by atoms with Gasteiger partial charge in [0.1, 0.15) is 0 Å². The average molecular weight is 200 g/mol. The monoisotopic (exact) mass is 200 g/mol. The van der Waals surface area contributed by atoms with Crippen molar-refractivity contribution in [3.63, 3.8) is 0 Å². The van der Waals surface area contributed by atoms with Crippen molar-refractivity contribution in [1.82, 2.24) is 10.7 Å². The number of hydrogen-bond donors (Lipinski definition) is 3. The average Bonchev–Trinajstić information content (AvgIpc) is 2.97. The minimum Gasteiger partial charge on any atom is -0.380 e. The van der Waals surface area contributed by atoms with E-state index in [1.807, 2.05) is 13.8 Å². The second-order valence-corrected chi connectivity index (χ2v) is 3.56. The number of ether oxygens (including phenoxy) is 1. The Labute approximate surface area is 85.1 Å². The molecule has 0 aromatic heterocycles. The summed E-state index contributed by atoms with van der Waals surface area (Å²) in [5, 5.41) is 3.16. The first-order valence-corrected chi connectivity index (χ1v) is 5.15. The van der Waals surface area contributed by atoms with Gasteiger partial charge in [0.05, 0.1) is 12.6 Å². The Morgan fingerprint density at radius 1 is 1.64 bits per heavy atom. The van der Waals surface area contributed by atoms with Crippen molar-refractivity contribution in [1.29, 1.82) is 0 Å². The minimum absolute atomic E-state index is 0.225. The molecule has 4 N–H and O–H groups in total. The number of aliphatic imine (C=N–C) groups is 1. The highest BCUT2D eigenvalue weighted by Gasteiger charge is 2.21. The van der Waals surface area contributed by atoms with Crippen LogP contribution in [0.25, 0.3) is 0 Å². The van der Waals surface area contributed by atoms with Crippen molar-refractivity contribution < 1.29 is 4.74 Å². The van der Waals surface area contributed by atoms with E-state index in [9.17, 15) is 0 Å². The number of hydrazine groups is 1. The van der Waals surface area contributed by atoms with Gasteiger partial charge in [-0.1, -0.05) is 0 Å². The van der Waals surface area contributed by atoms with Crippen molar-refractivity contribution in [2.24, 2.45) is 10.8 Å². The zero-order valence-electron chi connectivity index (χ0n) is 8.92. The van der Waals surface area contributed by atoms with Gasteiger partial charge in [0.25, 0.3) is 0 Å². The van der Waals surface area contributed by atoms with Crippen LogP contribution in [0.1, 0.15) is 26.7 Å². The van der Waals surface area contributed by atoms with Gasteiger partial charge in [-0.25, -0.2) is 10.8 Å². The van der Waals surface area contributed by atoms with Gasteiger partial charge in [-0.15, -0.1) is 0 Å². The highest BCUT2D eigenvalue weighted by Crippen LogP contribution is 2.23. The molecule has 0 aliphatic heterocycles. The van der Waals surface area contributed by atoms with Crippen LogP contribution in [0.5, 0.6) is 0 Å². The minimum atomic E-state index is 0.225. The molecule has 82 valence electrons. The molecule has 1 atom stereocenters. The van der Waals surface area contributed by atoms with Crippen LogP contribution in [0, 0.1) is 0 Å². The predicted octanol–water partition coefficient (Wildman–Crippen LogP) is -0.0173. The smallest absolute Gasteiger partial charge is 0.206 e. The van der Waals surface area contributed by atoms with Crippen LogP contribution in [-0.2, 0) is 4.74 Å². The molecule has 0 spiro atoms. The van der Waals surface area contributed by atoms with Crippen molar-refractivity contribution in [3.8, 4) is 0 Å². The van der Waals surface area contributed by atoms with Crippen molar-refractivity contribution >= 4 is 5.96 Å². The Morgan fingerprint density at radius 2 is 2.36 bits per heavy atom. The highest BCUT2D eigenvalue weighted by atomic mass is 16.5. The SMILES string of the molecule is CCOCC(C)NC(=NC1CC1)NN. The summed E-state index contributed by atoms with van der Waals surface area (Å²) < 4.78 is 5.28. The fourth-order valence-corrected chi connectivity index (χ4v) is 1.07. The topological polar surface area (TPSA) is 71.7 Å². The van der Waals surface area contributed by atoms with E-state index in [2.05, 4.69) is 15.7 Å². The lowest BCUT2D eigenvalue weighted by molar-refractivity contribution is 0.132. The molecule has 1 aliphatic carbocycles. The third-order valence-electron chi connectivity index (χ3n) is 1.95. The number of hydrogen-bond acceptors (Lipinski definition) is 3. The molecule has 0 aromatic carbocycles. The maximum absolute atomic E-state index is 5.34. The van der Waals surface area contributed by atoms with Crippen molar-refractivity contribution in [2.75, 3.05) is 13.2 Å². The van der Waals surface area contributed by atoms with Crippen LogP contribution in [0.2, 0.25) is 0 Å². The zero-order chi connectivity index (χ0) is 10.4. The maximum atomic E-state index is 5.34. The first-order valence-electron chi connectivity index (χ1n) is 5.15. The second-order valence-electron chi connectivity index (χ2n) is 3.56. The summed E-state index contributed by atoms with van der Waals surface area (Å²) >= 11 is 0. The van der Waals surface area contributed by atoms with Gasteiger partial charge >= 0.3 is 0 Å². The molecule has 0 radical (unpaired) electrons. The Bertz CT molecular complexity index is 191. The summed E-state index contributed by atoms with van der Waals surface area (Å²) in [5.41, 5.74) is 2.56. The summed E-state index contributed by atoms with van der Waals surface area (Å²) in [6.07, 6.45) is 2.35. The standard InChI is InChI=1S/C9H20N4O/c1-3-14-6-7(2)11-9(13-10)12-8-4-5-8/h7-8H,3-6,10H2,1-2H3,(H2,11,12,13). The maximum Gasteiger partial charge on any atom is 0.206 e. The van der Waals surface area contributed by atoms with Gasteiger partial charge in [-0.2, -0.15) is 0 Å². The van der Waals surface area contributed by atoms with Crippen LogP contribution < -0.4 is 16.6 Å². The molecule has 5 nitrogen and oxygen atoms in total. The van der Waals surface area contributed by atoms with E-state index in [4.69, 9.17) is 10.6 Å². The second kappa shape index (κ2) is 5.82. The van der Waals surface area contributed by atoms with E-state index in [-0.39, 0.29) is 6.04 Å². The molecule has 0 bridgehead atoms. The molecule has 14 heavy (non-hydrogen) atoms. The van der Waals surface area contributed by atoms with E-state index in [0.717, 1.165) is 6.61 Å². The molecule has 0 amide bonds. The Balaban J connectivity index is 2.24. The molecule has 1 aliphatic rings. The molecule has 5 heteroatoms. The largest absolute Gasteiger partial charge is 0.380 e. The highest BCUT2D eigenvalue weighted by molar-refractivity contribution is 5.79. The van der Waals surface area contributed by atoms with Crippen LogP contribution in [0.3, 0.4) is 0 Å². The zero-order valence-corrected chi connectivity index (χ0v) is 8.92. The summed E-state index contributed by atoms with van der Waals surface area (Å²) in [5.74, 6) is 6.01. The fraction of sp³-hybridized carbons (Fsp3) is 0.889. The lowest BCUT2D eigenvalue weighted by atomic mass is 10.4. The quantitative estimate of drug-likeness (QED) is 0.252. The van der Waals surface area contributed by atoms with Gasteiger partial charge in [0.15, 0.2) is 0 Å². The van der Waals surface area contributed by atoms with Crippen molar-refractivity contribution in [3.05, 3.63) is 0 Å². The Morgan fingerprint density at radius 3 is 2.86 bits per heavy atom. The number of rotatable bonds is 5. The summed E-state index contributed by atoms with van der Waals surface area (Å²) in [4.78, 5) is 4.37. The van der Waals surface area contributed by atoms with E-state index >= 15 is 0 Å². The summed E-state index contributed by atoms with van der Waals surface area (Å²) in [6, 6.07) is 0.691. The Kier molecular flexibility index (Phi) is 4.69. The van der Waals surface area contributed by atoms with Gasteiger partial charge < -0.3 is 10.1 Å². The first kappa shape index (κ1) is 11.3. The van der Waals surface area contributed by atoms with E-state index < -0.39 is 0 Å². The van der Waals surface area contributed by atoms with Crippen LogP contribution in [0.15, 0.2) is 4.99 Å². The van der Waals surface area contributed by atoms with Crippen molar-refractivity contribution in [2.45, 2.75) is 38.8 Å². The van der Waals surface area contributed by atoms with Crippen LogP contribution in [0.4, 0.5) is 0 Å². The van der Waals surface area contributed by atoms with Crippen LogP contribution in [-0.4, -0.2) is 31.3 Å². The lowest BCUT2D eigenvalue weighted by Gasteiger charge is -2.16. The van der Waals surface area contributed by atoms with Gasteiger partial charge in [-0.3, -0.25) is 5.43 Å². The number of nitrogens with two attached hydrogens (primary N) is 1.